The van der Waals surface area contributed by atoms with E-state index in [1.165, 1.54) is 0 Å². The Morgan fingerprint density at radius 2 is 1.28 bits per heavy atom. The second kappa shape index (κ2) is 5.67. The average molecular weight is 324 g/mol. The molecule has 0 saturated heterocycles. The minimum atomic E-state index is -5.10. The third kappa shape index (κ3) is 5.05. The molecule has 0 unspecified atom stereocenters. The molecule has 0 aromatic rings. The van der Waals surface area contributed by atoms with Gasteiger partial charge in [-0.3, -0.25) is 13.7 Å². The Morgan fingerprint density at radius 3 is 1.56 bits per heavy atom. The van der Waals surface area contributed by atoms with Crippen LogP contribution in [0.2, 0.25) is 0 Å². The molecule has 18 heavy (non-hydrogen) atoms. The quantitative estimate of drug-likeness (QED) is 0.294. The van der Waals surface area contributed by atoms with Crippen LogP contribution in [0, 0.1) is 0 Å². The van der Waals surface area contributed by atoms with Gasteiger partial charge in [-0.1, -0.05) is 12.2 Å². The molecular formula is C6H15O9P3. The largest absolute Gasteiger partial charge is 0.343 e. The predicted octanol–water partition coefficient (Wildman–Crippen LogP) is 0.182. The Hall–Kier alpha value is 0.190. The van der Waals surface area contributed by atoms with E-state index in [0.29, 0.717) is 0 Å². The van der Waals surface area contributed by atoms with Crippen LogP contribution in [0.25, 0.3) is 0 Å². The Morgan fingerprint density at radius 1 is 0.889 bits per heavy atom. The molecule has 0 saturated carbocycles. The van der Waals surface area contributed by atoms with Gasteiger partial charge < -0.3 is 29.4 Å². The first-order valence-electron chi connectivity index (χ1n) is 4.51. The summed E-state index contributed by atoms with van der Waals surface area (Å²) < 4.78 is 32.7. The van der Waals surface area contributed by atoms with Crippen LogP contribution in [0.1, 0.15) is 13.3 Å². The molecule has 0 aliphatic carbocycles. The van der Waals surface area contributed by atoms with E-state index in [4.69, 9.17) is 29.4 Å². The minimum Gasteiger partial charge on any atom is -0.324 e. The van der Waals surface area contributed by atoms with Gasteiger partial charge in [0.15, 0.2) is 4.90 Å². The van der Waals surface area contributed by atoms with Crippen LogP contribution >= 0.6 is 22.8 Å². The van der Waals surface area contributed by atoms with Crippen molar-refractivity contribution in [2.75, 3.05) is 6.16 Å². The maximum atomic E-state index is 11.1. The average Bonchev–Trinajstić information content (AvgIpc) is 2.06. The van der Waals surface area contributed by atoms with Crippen molar-refractivity contribution in [3.05, 3.63) is 12.2 Å². The summed E-state index contributed by atoms with van der Waals surface area (Å²) in [6, 6.07) is 0. The van der Waals surface area contributed by atoms with Gasteiger partial charge in [0.25, 0.3) is 0 Å². The third-order valence-corrected chi connectivity index (χ3v) is 7.39. The fourth-order valence-electron chi connectivity index (χ4n) is 0.926. The zero-order valence-corrected chi connectivity index (χ0v) is 12.0. The molecule has 0 fully saturated rings. The summed E-state index contributed by atoms with van der Waals surface area (Å²) in [6.45, 7) is 0.719. The number of hydrogen-bond acceptors (Lipinski definition) is 3. The molecule has 6 N–H and O–H groups in total. The van der Waals surface area contributed by atoms with Gasteiger partial charge in [0.1, 0.15) is 0 Å². The molecule has 0 bridgehead atoms. The Labute approximate surface area is 103 Å². The lowest BCUT2D eigenvalue weighted by molar-refractivity contribution is 0.313. The van der Waals surface area contributed by atoms with Crippen LogP contribution in [0.3, 0.4) is 0 Å². The monoisotopic (exact) mass is 324 g/mol. The van der Waals surface area contributed by atoms with Gasteiger partial charge in [-0.15, -0.1) is 0 Å². The third-order valence-electron chi connectivity index (χ3n) is 2.27. The van der Waals surface area contributed by atoms with Crippen molar-refractivity contribution in [1.29, 1.82) is 0 Å². The molecule has 0 rings (SSSR count). The second-order valence-electron chi connectivity index (χ2n) is 3.83. The fraction of sp³-hybridized carbons (Fsp3) is 0.667. The summed E-state index contributed by atoms with van der Waals surface area (Å²) in [7, 11) is -14.5. The Kier molecular flexibility index (Phi) is 5.73. The molecule has 0 amide bonds. The molecular weight excluding hydrogens is 309 g/mol. The van der Waals surface area contributed by atoms with Crippen LogP contribution in [0.4, 0.5) is 0 Å². The summed E-state index contributed by atoms with van der Waals surface area (Å²) in [5, 5.41) is 0. The van der Waals surface area contributed by atoms with Crippen LogP contribution in [0.5, 0.6) is 0 Å². The van der Waals surface area contributed by atoms with Gasteiger partial charge in [0.05, 0.1) is 6.16 Å². The van der Waals surface area contributed by atoms with Crippen molar-refractivity contribution in [3.63, 3.8) is 0 Å². The summed E-state index contributed by atoms with van der Waals surface area (Å²) >= 11 is 0. The van der Waals surface area contributed by atoms with Gasteiger partial charge in [0, 0.05) is 0 Å². The Balaban J connectivity index is 5.05. The van der Waals surface area contributed by atoms with E-state index < -0.39 is 40.3 Å². The van der Waals surface area contributed by atoms with Crippen LogP contribution < -0.4 is 0 Å². The zero-order chi connectivity index (χ0) is 14.8. The van der Waals surface area contributed by atoms with E-state index in [0.717, 1.165) is 19.1 Å². The highest BCUT2D eigenvalue weighted by atomic mass is 31.2. The van der Waals surface area contributed by atoms with Gasteiger partial charge in [-0.05, 0) is 13.3 Å². The highest BCUT2D eigenvalue weighted by Gasteiger charge is 2.55. The van der Waals surface area contributed by atoms with Crippen molar-refractivity contribution < 1.29 is 43.1 Å². The summed E-state index contributed by atoms with van der Waals surface area (Å²) in [6.07, 6.45) is 0.467. The molecule has 0 aliphatic rings. The highest BCUT2D eigenvalue weighted by Crippen LogP contribution is 2.70. The molecule has 12 heteroatoms. The lowest BCUT2D eigenvalue weighted by Crippen LogP contribution is -2.24. The molecule has 0 aromatic carbocycles. The molecule has 0 aromatic heterocycles. The first-order valence-corrected chi connectivity index (χ1v) is 9.54. The normalized spacial score (nSPS) is 15.3. The summed E-state index contributed by atoms with van der Waals surface area (Å²) in [5.41, 5.74) is 0. The first-order chi connectivity index (χ1) is 7.71. The molecule has 9 nitrogen and oxygen atoms in total. The van der Waals surface area contributed by atoms with Crippen LogP contribution in [-0.2, 0) is 13.7 Å². The topological polar surface area (TPSA) is 173 Å². The van der Waals surface area contributed by atoms with E-state index in [2.05, 4.69) is 0 Å². The standard InChI is InChI=1S/C6H15O9P3/c1-6(17(10,11)12,18(13,14)15)4-2-3-5-16(7,8)9/h2-3H,4-5H2,1H3,(H2,7,8,9)(H2,10,11,12)(H2,13,14,15)/b3-2+. The van der Waals surface area contributed by atoms with E-state index in [-0.39, 0.29) is 0 Å². The second-order valence-corrected chi connectivity index (χ2v) is 10.0. The number of hydrogen-bond donors (Lipinski definition) is 6. The van der Waals surface area contributed by atoms with Gasteiger partial charge in [-0.25, -0.2) is 0 Å². The smallest absolute Gasteiger partial charge is 0.324 e. The van der Waals surface area contributed by atoms with Crippen molar-refractivity contribution in [2.45, 2.75) is 18.2 Å². The van der Waals surface area contributed by atoms with Crippen molar-refractivity contribution in [3.8, 4) is 0 Å². The number of allylic oxidation sites excluding steroid dienone is 2. The van der Waals surface area contributed by atoms with Crippen LogP contribution in [-0.4, -0.2) is 40.4 Å². The SMILES string of the molecule is CC(C/C=C/CP(=O)(O)O)(P(=O)(O)O)P(=O)(O)O. The molecule has 0 radical (unpaired) electrons. The van der Waals surface area contributed by atoms with Crippen molar-refractivity contribution in [2.24, 2.45) is 0 Å². The first kappa shape index (κ1) is 18.2. The maximum Gasteiger partial charge on any atom is 0.343 e. The van der Waals surface area contributed by atoms with E-state index >= 15 is 0 Å². The molecule has 0 heterocycles. The van der Waals surface area contributed by atoms with E-state index in [1.807, 2.05) is 0 Å². The summed E-state index contributed by atoms with van der Waals surface area (Å²) in [5.74, 6) is 0. The van der Waals surface area contributed by atoms with E-state index in [9.17, 15) is 13.7 Å². The number of rotatable bonds is 6. The minimum absolute atomic E-state index is 0.675. The van der Waals surface area contributed by atoms with Gasteiger partial charge in [0.2, 0.25) is 0 Å². The van der Waals surface area contributed by atoms with Crippen molar-refractivity contribution in [1.82, 2.24) is 0 Å². The van der Waals surface area contributed by atoms with Crippen LogP contribution in [0.15, 0.2) is 12.2 Å². The maximum absolute atomic E-state index is 11.1. The molecule has 0 aliphatic heterocycles. The Bertz CT molecular complexity index is 429. The molecule has 0 spiro atoms. The highest BCUT2D eigenvalue weighted by molar-refractivity contribution is 7.72. The summed E-state index contributed by atoms with van der Waals surface area (Å²) in [4.78, 5) is 50.3. The predicted molar refractivity (Wildman–Crippen MR) is 63.2 cm³/mol. The lowest BCUT2D eigenvalue weighted by Gasteiger charge is -2.29. The van der Waals surface area contributed by atoms with Gasteiger partial charge in [-0.2, -0.15) is 0 Å². The fourth-order valence-corrected chi connectivity index (χ4v) is 3.39. The zero-order valence-electron chi connectivity index (χ0n) is 9.32. The molecule has 0 atom stereocenters. The van der Waals surface area contributed by atoms with Crippen molar-refractivity contribution >= 4 is 22.8 Å². The van der Waals surface area contributed by atoms with Gasteiger partial charge >= 0.3 is 22.8 Å². The molecule has 108 valence electrons. The van der Waals surface area contributed by atoms with E-state index in [1.54, 1.807) is 0 Å². The lowest BCUT2D eigenvalue weighted by atomic mass is 10.3.